The van der Waals surface area contributed by atoms with Crippen molar-refractivity contribution < 1.29 is 19.4 Å². The quantitative estimate of drug-likeness (QED) is 0.843. The lowest BCUT2D eigenvalue weighted by molar-refractivity contribution is -0.166. The number of pyridine rings is 1. The van der Waals surface area contributed by atoms with E-state index in [4.69, 9.17) is 4.74 Å². The summed E-state index contributed by atoms with van der Waals surface area (Å²) in [5.74, 6) is 0.143. The fourth-order valence-corrected chi connectivity index (χ4v) is 3.78. The van der Waals surface area contributed by atoms with Crippen LogP contribution in [0.3, 0.4) is 0 Å². The summed E-state index contributed by atoms with van der Waals surface area (Å²) in [5, 5.41) is 12.5. The zero-order chi connectivity index (χ0) is 19.6. The Morgan fingerprint density at radius 3 is 2.75 bits per heavy atom. The van der Waals surface area contributed by atoms with E-state index in [1.807, 2.05) is 0 Å². The molecule has 3 heterocycles. The molecule has 2 amide bonds. The average Bonchev–Trinajstić information content (AvgIpc) is 2.71. The van der Waals surface area contributed by atoms with Crippen LogP contribution in [0.2, 0.25) is 0 Å². The van der Waals surface area contributed by atoms with Crippen molar-refractivity contribution in [1.29, 1.82) is 0 Å². The third-order valence-corrected chi connectivity index (χ3v) is 5.45. The number of hydrogen-bond donors (Lipinski definition) is 2. The summed E-state index contributed by atoms with van der Waals surface area (Å²) in [6.45, 7) is 2.27. The number of likely N-dealkylation sites (tertiary alicyclic amines) is 1. The predicted octanol–water partition coefficient (Wildman–Crippen LogP) is 1.84. The Kier molecular flexibility index (Phi) is 5.00. The molecule has 7 nitrogen and oxygen atoms in total. The number of carbonyl (C=O) groups is 2. The molecule has 0 unspecified atom stereocenters. The number of phenols is 1. The van der Waals surface area contributed by atoms with Gasteiger partial charge in [0.1, 0.15) is 11.4 Å². The molecule has 1 atom stereocenters. The number of amides is 2. The van der Waals surface area contributed by atoms with Crippen LogP contribution in [-0.4, -0.2) is 58.6 Å². The van der Waals surface area contributed by atoms with Gasteiger partial charge in [0.25, 0.3) is 11.8 Å². The molecule has 146 valence electrons. The third kappa shape index (κ3) is 3.84. The molecule has 2 fully saturated rings. The second-order valence-corrected chi connectivity index (χ2v) is 7.56. The van der Waals surface area contributed by atoms with Crippen molar-refractivity contribution in [2.45, 2.75) is 18.4 Å². The van der Waals surface area contributed by atoms with E-state index in [0.29, 0.717) is 37.4 Å². The van der Waals surface area contributed by atoms with Gasteiger partial charge in [0.15, 0.2) is 0 Å². The maximum absolute atomic E-state index is 12.5. The maximum Gasteiger partial charge on any atom is 0.254 e. The van der Waals surface area contributed by atoms with E-state index in [1.54, 1.807) is 47.6 Å². The van der Waals surface area contributed by atoms with Crippen LogP contribution in [-0.2, 0) is 4.74 Å². The number of nitrogens with zero attached hydrogens (tertiary/aromatic N) is 2. The summed E-state index contributed by atoms with van der Waals surface area (Å²) >= 11 is 0. The van der Waals surface area contributed by atoms with Gasteiger partial charge < -0.3 is 20.1 Å². The molecule has 1 aromatic carbocycles. The van der Waals surface area contributed by atoms with Crippen LogP contribution in [0.5, 0.6) is 5.75 Å². The van der Waals surface area contributed by atoms with Gasteiger partial charge in [-0.15, -0.1) is 0 Å². The highest BCUT2D eigenvalue weighted by atomic mass is 16.5. The summed E-state index contributed by atoms with van der Waals surface area (Å²) in [5.41, 5.74) is 0.772. The van der Waals surface area contributed by atoms with Crippen molar-refractivity contribution in [3.8, 4) is 5.75 Å². The van der Waals surface area contributed by atoms with Gasteiger partial charge in [0, 0.05) is 24.5 Å². The normalized spacial score (nSPS) is 20.4. The average molecular weight is 381 g/mol. The first-order valence-electron chi connectivity index (χ1n) is 9.45. The van der Waals surface area contributed by atoms with Crippen molar-refractivity contribution in [3.63, 3.8) is 0 Å². The first kappa shape index (κ1) is 18.4. The third-order valence-electron chi connectivity index (χ3n) is 5.45. The standard InChI is InChI=1S/C21H23N3O4/c25-18-5-1-3-16(9-18)20(27)24-13-21(14-24)7-6-15(12-28-21)10-23-19(26)17-4-2-8-22-11-17/h1-5,8-9,11,15,25H,6-7,10,12-14H2,(H,23,26)/t15-/m1/s1. The van der Waals surface area contributed by atoms with Gasteiger partial charge in [0.05, 0.1) is 25.3 Å². The number of ether oxygens (including phenoxy) is 1. The fraction of sp³-hybridized carbons (Fsp3) is 0.381. The zero-order valence-electron chi connectivity index (χ0n) is 15.5. The van der Waals surface area contributed by atoms with Crippen LogP contribution >= 0.6 is 0 Å². The second kappa shape index (κ2) is 7.59. The monoisotopic (exact) mass is 381 g/mol. The topological polar surface area (TPSA) is 91.8 Å². The molecule has 2 N–H and O–H groups in total. The summed E-state index contributed by atoms with van der Waals surface area (Å²) in [6, 6.07) is 9.88. The largest absolute Gasteiger partial charge is 0.508 e. The van der Waals surface area contributed by atoms with Crippen molar-refractivity contribution in [1.82, 2.24) is 15.2 Å². The van der Waals surface area contributed by atoms with Crippen LogP contribution in [0.1, 0.15) is 33.6 Å². The van der Waals surface area contributed by atoms with E-state index < -0.39 is 0 Å². The van der Waals surface area contributed by atoms with Gasteiger partial charge in [0.2, 0.25) is 0 Å². The number of rotatable bonds is 4. The number of phenolic OH excluding ortho intramolecular Hbond substituents is 1. The van der Waals surface area contributed by atoms with E-state index in [9.17, 15) is 14.7 Å². The van der Waals surface area contributed by atoms with Gasteiger partial charge in [-0.25, -0.2) is 0 Å². The summed E-state index contributed by atoms with van der Waals surface area (Å²) < 4.78 is 6.09. The first-order chi connectivity index (χ1) is 13.5. The molecule has 7 heteroatoms. The minimum atomic E-state index is -0.268. The Balaban J connectivity index is 1.23. The SMILES string of the molecule is O=C(NC[C@H]1CCC2(CN(C(=O)c3cccc(O)c3)C2)OC1)c1cccnc1. The second-order valence-electron chi connectivity index (χ2n) is 7.56. The minimum absolute atomic E-state index is 0.0871. The molecule has 1 aromatic heterocycles. The highest BCUT2D eigenvalue weighted by molar-refractivity contribution is 5.95. The number of hydrogen-bond acceptors (Lipinski definition) is 5. The number of benzene rings is 1. The molecule has 28 heavy (non-hydrogen) atoms. The van der Waals surface area contributed by atoms with Crippen molar-refractivity contribution in [2.24, 2.45) is 5.92 Å². The molecular weight excluding hydrogens is 358 g/mol. The van der Waals surface area contributed by atoms with Crippen molar-refractivity contribution in [2.75, 3.05) is 26.2 Å². The van der Waals surface area contributed by atoms with Gasteiger partial charge in [-0.2, -0.15) is 0 Å². The van der Waals surface area contributed by atoms with E-state index >= 15 is 0 Å². The van der Waals surface area contributed by atoms with Crippen LogP contribution in [0, 0.1) is 5.92 Å². The summed E-state index contributed by atoms with van der Waals surface area (Å²) in [6.07, 6.45) is 5.00. The van der Waals surface area contributed by atoms with E-state index in [0.717, 1.165) is 12.8 Å². The number of carbonyl (C=O) groups excluding carboxylic acids is 2. The Bertz CT molecular complexity index is 855. The molecule has 2 aromatic rings. The molecule has 2 aliphatic heterocycles. The van der Waals surface area contributed by atoms with Gasteiger partial charge in [-0.3, -0.25) is 14.6 Å². The highest BCUT2D eigenvalue weighted by Crippen LogP contribution is 2.36. The lowest BCUT2D eigenvalue weighted by atomic mass is 9.82. The Hall–Kier alpha value is -2.93. The molecule has 2 saturated heterocycles. The molecule has 0 saturated carbocycles. The highest BCUT2D eigenvalue weighted by Gasteiger charge is 2.48. The smallest absolute Gasteiger partial charge is 0.254 e. The van der Waals surface area contributed by atoms with Crippen molar-refractivity contribution >= 4 is 11.8 Å². The lowest BCUT2D eigenvalue weighted by Crippen LogP contribution is -2.66. The number of aromatic hydroxyl groups is 1. The van der Waals surface area contributed by atoms with E-state index in [2.05, 4.69) is 10.3 Å². The first-order valence-corrected chi connectivity index (χ1v) is 9.45. The molecule has 4 rings (SSSR count). The molecule has 0 radical (unpaired) electrons. The van der Waals surface area contributed by atoms with Crippen LogP contribution in [0.25, 0.3) is 0 Å². The van der Waals surface area contributed by atoms with Crippen molar-refractivity contribution in [3.05, 3.63) is 59.9 Å². The minimum Gasteiger partial charge on any atom is -0.508 e. The zero-order valence-corrected chi connectivity index (χ0v) is 15.5. The molecule has 0 aliphatic carbocycles. The molecular formula is C21H23N3O4. The molecule has 1 spiro atoms. The van der Waals surface area contributed by atoms with Gasteiger partial charge in [-0.05, 0) is 49.1 Å². The number of nitrogens with one attached hydrogen (secondary N) is 1. The fourth-order valence-electron chi connectivity index (χ4n) is 3.78. The van der Waals surface area contributed by atoms with Crippen LogP contribution in [0.4, 0.5) is 0 Å². The van der Waals surface area contributed by atoms with Crippen LogP contribution < -0.4 is 5.32 Å². The Morgan fingerprint density at radius 1 is 1.25 bits per heavy atom. The van der Waals surface area contributed by atoms with Crippen LogP contribution in [0.15, 0.2) is 48.8 Å². The lowest BCUT2D eigenvalue weighted by Gasteiger charge is -2.52. The summed E-state index contributed by atoms with van der Waals surface area (Å²) in [7, 11) is 0. The Labute approximate surface area is 163 Å². The maximum atomic E-state index is 12.5. The van der Waals surface area contributed by atoms with E-state index in [1.165, 1.54) is 6.07 Å². The van der Waals surface area contributed by atoms with Gasteiger partial charge >= 0.3 is 0 Å². The number of aromatic nitrogens is 1. The molecule has 0 bridgehead atoms. The molecule has 2 aliphatic rings. The van der Waals surface area contributed by atoms with Gasteiger partial charge in [-0.1, -0.05) is 6.07 Å². The predicted molar refractivity (Wildman–Crippen MR) is 102 cm³/mol. The summed E-state index contributed by atoms with van der Waals surface area (Å²) in [4.78, 5) is 30.3. The Morgan fingerprint density at radius 2 is 2.07 bits per heavy atom. The van der Waals surface area contributed by atoms with E-state index in [-0.39, 0.29) is 29.1 Å².